The van der Waals surface area contributed by atoms with Crippen LogP contribution in [0, 0.1) is 0 Å². The Labute approximate surface area is 122 Å². The summed E-state index contributed by atoms with van der Waals surface area (Å²) >= 11 is 18.0. The molecule has 1 fully saturated rings. The van der Waals surface area contributed by atoms with Crippen molar-refractivity contribution in [1.29, 1.82) is 0 Å². The van der Waals surface area contributed by atoms with Gasteiger partial charge in [-0.3, -0.25) is 4.79 Å². The van der Waals surface area contributed by atoms with Gasteiger partial charge in [-0.05, 0) is 30.5 Å². The SMILES string of the molecule is O=C(NC1CCCC1)C(Cl)c1ccc(Cl)cc1Cl. The summed E-state index contributed by atoms with van der Waals surface area (Å²) < 4.78 is 0. The fourth-order valence-corrected chi connectivity index (χ4v) is 3.02. The molecule has 0 bridgehead atoms. The quantitative estimate of drug-likeness (QED) is 0.827. The van der Waals surface area contributed by atoms with Gasteiger partial charge in [0.05, 0.1) is 0 Å². The molecular weight excluding hydrogens is 293 g/mol. The van der Waals surface area contributed by atoms with Crippen LogP contribution in [0.25, 0.3) is 0 Å². The molecule has 1 aliphatic carbocycles. The summed E-state index contributed by atoms with van der Waals surface area (Å²) in [5.74, 6) is -0.187. The van der Waals surface area contributed by atoms with Gasteiger partial charge in [0, 0.05) is 16.1 Å². The van der Waals surface area contributed by atoms with Gasteiger partial charge >= 0.3 is 0 Å². The van der Waals surface area contributed by atoms with E-state index in [4.69, 9.17) is 34.8 Å². The smallest absolute Gasteiger partial charge is 0.242 e. The van der Waals surface area contributed by atoms with Crippen molar-refractivity contribution in [3.8, 4) is 0 Å². The first-order chi connectivity index (χ1) is 8.58. The molecule has 1 saturated carbocycles. The van der Waals surface area contributed by atoms with E-state index < -0.39 is 5.38 Å². The van der Waals surface area contributed by atoms with E-state index in [-0.39, 0.29) is 11.9 Å². The standard InChI is InChI=1S/C13H14Cl3NO/c14-8-5-6-10(11(15)7-8)12(16)13(18)17-9-3-1-2-4-9/h5-7,9,12H,1-4H2,(H,17,18). The van der Waals surface area contributed by atoms with Crippen LogP contribution in [-0.2, 0) is 4.79 Å². The summed E-state index contributed by atoms with van der Waals surface area (Å²) in [6, 6.07) is 5.22. The molecule has 1 atom stereocenters. The van der Waals surface area contributed by atoms with Crippen molar-refractivity contribution in [2.24, 2.45) is 0 Å². The van der Waals surface area contributed by atoms with Gasteiger partial charge in [-0.25, -0.2) is 0 Å². The number of benzene rings is 1. The second kappa shape index (κ2) is 6.14. The first-order valence-electron chi connectivity index (χ1n) is 5.97. The summed E-state index contributed by atoms with van der Waals surface area (Å²) in [5.41, 5.74) is 0.596. The van der Waals surface area contributed by atoms with Gasteiger partial charge < -0.3 is 5.32 Å². The van der Waals surface area contributed by atoms with Crippen molar-refractivity contribution in [3.05, 3.63) is 33.8 Å². The maximum Gasteiger partial charge on any atom is 0.242 e. The summed E-state index contributed by atoms with van der Waals surface area (Å²) in [7, 11) is 0. The third kappa shape index (κ3) is 3.31. The molecule has 0 spiro atoms. The Morgan fingerprint density at radius 2 is 1.94 bits per heavy atom. The van der Waals surface area contributed by atoms with Crippen molar-refractivity contribution < 1.29 is 4.79 Å². The van der Waals surface area contributed by atoms with Crippen molar-refractivity contribution >= 4 is 40.7 Å². The minimum Gasteiger partial charge on any atom is -0.352 e. The summed E-state index contributed by atoms with van der Waals surface area (Å²) in [4.78, 5) is 12.0. The molecule has 1 aliphatic rings. The Bertz CT molecular complexity index is 444. The zero-order valence-corrected chi connectivity index (χ0v) is 12.0. The van der Waals surface area contributed by atoms with Crippen LogP contribution in [0.2, 0.25) is 10.0 Å². The topological polar surface area (TPSA) is 29.1 Å². The third-order valence-corrected chi connectivity index (χ3v) is 4.16. The molecule has 1 aromatic rings. The maximum absolute atomic E-state index is 12.0. The molecule has 1 unspecified atom stereocenters. The number of alkyl halides is 1. The summed E-state index contributed by atoms with van der Waals surface area (Å²) in [5, 5.41) is 3.14. The highest BCUT2D eigenvalue weighted by atomic mass is 35.5. The van der Waals surface area contributed by atoms with E-state index in [9.17, 15) is 4.79 Å². The van der Waals surface area contributed by atoms with Crippen LogP contribution >= 0.6 is 34.8 Å². The number of amides is 1. The second-order valence-corrected chi connectivity index (χ2v) is 5.80. The molecule has 2 nitrogen and oxygen atoms in total. The normalized spacial score (nSPS) is 17.7. The van der Waals surface area contributed by atoms with Gasteiger partial charge in [0.1, 0.15) is 5.38 Å². The number of carbonyl (C=O) groups excluding carboxylic acids is 1. The molecule has 5 heteroatoms. The first kappa shape index (κ1) is 14.0. The molecule has 2 rings (SSSR count). The van der Waals surface area contributed by atoms with Crippen LogP contribution in [-0.4, -0.2) is 11.9 Å². The Kier molecular flexibility index (Phi) is 4.77. The van der Waals surface area contributed by atoms with Crippen LogP contribution in [0.1, 0.15) is 36.6 Å². The van der Waals surface area contributed by atoms with Crippen LogP contribution in [0.5, 0.6) is 0 Å². The van der Waals surface area contributed by atoms with E-state index in [0.29, 0.717) is 15.6 Å². The van der Waals surface area contributed by atoms with Gasteiger partial charge in [-0.2, -0.15) is 0 Å². The van der Waals surface area contributed by atoms with Gasteiger partial charge in [0.2, 0.25) is 5.91 Å². The number of nitrogens with one attached hydrogen (secondary N) is 1. The largest absolute Gasteiger partial charge is 0.352 e. The molecule has 0 saturated heterocycles. The third-order valence-electron chi connectivity index (χ3n) is 3.17. The minimum atomic E-state index is -0.768. The number of rotatable bonds is 3. The molecule has 0 aliphatic heterocycles. The van der Waals surface area contributed by atoms with Crippen molar-refractivity contribution in [3.63, 3.8) is 0 Å². The fraction of sp³-hybridized carbons (Fsp3) is 0.462. The molecule has 98 valence electrons. The van der Waals surface area contributed by atoms with E-state index in [1.165, 1.54) is 12.8 Å². The average Bonchev–Trinajstić information content (AvgIpc) is 2.81. The van der Waals surface area contributed by atoms with Crippen molar-refractivity contribution in [2.75, 3.05) is 0 Å². The van der Waals surface area contributed by atoms with E-state index in [1.54, 1.807) is 18.2 Å². The highest BCUT2D eigenvalue weighted by Crippen LogP contribution is 2.30. The Hall–Kier alpha value is -0.440. The lowest BCUT2D eigenvalue weighted by Gasteiger charge is -2.16. The van der Waals surface area contributed by atoms with E-state index in [2.05, 4.69) is 5.32 Å². The first-order valence-corrected chi connectivity index (χ1v) is 7.16. The molecule has 1 amide bonds. The molecule has 0 aromatic heterocycles. The van der Waals surface area contributed by atoms with Gasteiger partial charge in [-0.15, -0.1) is 11.6 Å². The number of hydrogen-bond acceptors (Lipinski definition) is 1. The van der Waals surface area contributed by atoms with Crippen LogP contribution in [0.15, 0.2) is 18.2 Å². The minimum absolute atomic E-state index is 0.187. The van der Waals surface area contributed by atoms with E-state index in [0.717, 1.165) is 12.8 Å². The maximum atomic E-state index is 12.0. The molecule has 18 heavy (non-hydrogen) atoms. The predicted molar refractivity (Wildman–Crippen MR) is 75.5 cm³/mol. The molecule has 1 aromatic carbocycles. The second-order valence-electron chi connectivity index (χ2n) is 4.52. The highest BCUT2D eigenvalue weighted by molar-refractivity contribution is 6.37. The zero-order chi connectivity index (χ0) is 13.1. The highest BCUT2D eigenvalue weighted by Gasteiger charge is 2.24. The monoisotopic (exact) mass is 305 g/mol. The number of carbonyl (C=O) groups is 1. The number of halogens is 3. The lowest BCUT2D eigenvalue weighted by Crippen LogP contribution is -2.35. The van der Waals surface area contributed by atoms with Gasteiger partial charge in [0.25, 0.3) is 0 Å². The fourth-order valence-electron chi connectivity index (χ4n) is 2.19. The Morgan fingerprint density at radius 3 is 2.56 bits per heavy atom. The molecule has 0 radical (unpaired) electrons. The predicted octanol–water partition coefficient (Wildman–Crippen LogP) is 4.33. The molecule has 0 heterocycles. The van der Waals surface area contributed by atoms with Crippen LogP contribution < -0.4 is 5.32 Å². The lowest BCUT2D eigenvalue weighted by molar-refractivity contribution is -0.121. The average molecular weight is 307 g/mol. The van der Waals surface area contributed by atoms with Crippen molar-refractivity contribution in [1.82, 2.24) is 5.32 Å². The summed E-state index contributed by atoms with van der Waals surface area (Å²) in [6.07, 6.45) is 4.40. The Balaban J connectivity index is 2.05. The summed E-state index contributed by atoms with van der Waals surface area (Å²) in [6.45, 7) is 0. The van der Waals surface area contributed by atoms with Crippen LogP contribution in [0.4, 0.5) is 0 Å². The number of hydrogen-bond donors (Lipinski definition) is 1. The van der Waals surface area contributed by atoms with E-state index >= 15 is 0 Å². The lowest BCUT2D eigenvalue weighted by atomic mass is 10.1. The molecule has 1 N–H and O–H groups in total. The Morgan fingerprint density at radius 1 is 1.28 bits per heavy atom. The van der Waals surface area contributed by atoms with Gasteiger partial charge in [-0.1, -0.05) is 42.1 Å². The van der Waals surface area contributed by atoms with E-state index in [1.807, 2.05) is 0 Å². The van der Waals surface area contributed by atoms with Crippen molar-refractivity contribution in [2.45, 2.75) is 37.1 Å². The van der Waals surface area contributed by atoms with Crippen LogP contribution in [0.3, 0.4) is 0 Å². The zero-order valence-electron chi connectivity index (χ0n) is 9.76. The van der Waals surface area contributed by atoms with Gasteiger partial charge in [0.15, 0.2) is 0 Å². The molecular formula is C13H14Cl3NO.